The summed E-state index contributed by atoms with van der Waals surface area (Å²) in [7, 11) is 2.65. The standard InChI is InChI=1S/C21H17BrFNO6S/c1-28-16-8-13(9-17-20(26)24(21(27)31-17)10-18(25)29-2)7-15(22)19(16)30-11-12-3-5-14(23)6-4-12/h3-9H,10-11H2,1-2H3/b17-9+. The summed E-state index contributed by atoms with van der Waals surface area (Å²) >= 11 is 4.16. The molecule has 10 heteroatoms. The summed E-state index contributed by atoms with van der Waals surface area (Å²) in [6.45, 7) is -0.247. The largest absolute Gasteiger partial charge is 0.493 e. The summed E-state index contributed by atoms with van der Waals surface area (Å²) in [6.07, 6.45) is 1.53. The Morgan fingerprint density at radius 3 is 2.55 bits per heavy atom. The highest BCUT2D eigenvalue weighted by Crippen LogP contribution is 2.39. The third kappa shape index (κ3) is 5.45. The molecule has 1 saturated heterocycles. The van der Waals surface area contributed by atoms with Gasteiger partial charge in [-0.05, 0) is 69.2 Å². The molecular weight excluding hydrogens is 493 g/mol. The van der Waals surface area contributed by atoms with Crippen LogP contribution in [0.25, 0.3) is 6.08 Å². The van der Waals surface area contributed by atoms with Crippen molar-refractivity contribution < 1.29 is 33.0 Å². The smallest absolute Gasteiger partial charge is 0.325 e. The van der Waals surface area contributed by atoms with E-state index in [9.17, 15) is 18.8 Å². The van der Waals surface area contributed by atoms with Crippen LogP contribution in [0.5, 0.6) is 11.5 Å². The lowest BCUT2D eigenvalue weighted by molar-refractivity contribution is -0.143. The highest BCUT2D eigenvalue weighted by molar-refractivity contribution is 9.10. The first-order valence-electron chi connectivity index (χ1n) is 8.89. The van der Waals surface area contributed by atoms with Gasteiger partial charge in [-0.25, -0.2) is 4.39 Å². The number of carbonyl (C=O) groups is 3. The number of hydrogen-bond donors (Lipinski definition) is 0. The summed E-state index contributed by atoms with van der Waals surface area (Å²) < 4.78 is 29.4. The van der Waals surface area contributed by atoms with Gasteiger partial charge in [-0.1, -0.05) is 12.1 Å². The molecule has 162 valence electrons. The van der Waals surface area contributed by atoms with Crippen LogP contribution in [0.15, 0.2) is 45.8 Å². The molecule has 0 unspecified atom stereocenters. The van der Waals surface area contributed by atoms with E-state index in [2.05, 4.69) is 20.7 Å². The monoisotopic (exact) mass is 509 g/mol. The molecule has 0 saturated carbocycles. The second kappa shape index (κ2) is 9.97. The van der Waals surface area contributed by atoms with Crippen LogP contribution in [0.1, 0.15) is 11.1 Å². The van der Waals surface area contributed by atoms with Crippen molar-refractivity contribution in [3.05, 3.63) is 62.7 Å². The van der Waals surface area contributed by atoms with Crippen molar-refractivity contribution >= 4 is 50.9 Å². The summed E-state index contributed by atoms with van der Waals surface area (Å²) in [5.41, 5.74) is 1.36. The Balaban J connectivity index is 1.80. The summed E-state index contributed by atoms with van der Waals surface area (Å²) in [5.74, 6) is -0.759. The number of esters is 1. The molecule has 0 atom stereocenters. The van der Waals surface area contributed by atoms with Gasteiger partial charge < -0.3 is 14.2 Å². The second-order valence-electron chi connectivity index (χ2n) is 6.29. The van der Waals surface area contributed by atoms with E-state index in [0.717, 1.165) is 22.2 Å². The van der Waals surface area contributed by atoms with Crippen molar-refractivity contribution in [3.63, 3.8) is 0 Å². The number of ether oxygens (including phenoxy) is 3. The molecule has 31 heavy (non-hydrogen) atoms. The molecule has 0 aliphatic carbocycles. The molecular formula is C21H17BrFNO6S. The van der Waals surface area contributed by atoms with E-state index in [1.807, 2.05) is 0 Å². The van der Waals surface area contributed by atoms with E-state index in [4.69, 9.17) is 9.47 Å². The van der Waals surface area contributed by atoms with Gasteiger partial charge >= 0.3 is 5.97 Å². The first-order valence-corrected chi connectivity index (χ1v) is 10.5. The Labute approximate surface area is 190 Å². The number of halogens is 2. The molecule has 2 aromatic rings. The topological polar surface area (TPSA) is 82.1 Å². The third-order valence-electron chi connectivity index (χ3n) is 4.23. The Morgan fingerprint density at radius 1 is 1.19 bits per heavy atom. The fourth-order valence-corrected chi connectivity index (χ4v) is 4.09. The fraction of sp³-hybridized carbons (Fsp3) is 0.190. The molecule has 1 aliphatic heterocycles. The van der Waals surface area contributed by atoms with Crippen LogP contribution in [0.4, 0.5) is 9.18 Å². The van der Waals surface area contributed by atoms with Gasteiger partial charge in [-0.2, -0.15) is 0 Å². The highest BCUT2D eigenvalue weighted by atomic mass is 79.9. The first-order chi connectivity index (χ1) is 14.8. The van der Waals surface area contributed by atoms with E-state index in [0.29, 0.717) is 21.5 Å². The maximum absolute atomic E-state index is 13.1. The molecule has 2 aromatic carbocycles. The molecule has 0 aromatic heterocycles. The minimum Gasteiger partial charge on any atom is -0.493 e. The molecule has 7 nitrogen and oxygen atoms in total. The van der Waals surface area contributed by atoms with Crippen molar-refractivity contribution in [1.29, 1.82) is 0 Å². The average Bonchev–Trinajstić information content (AvgIpc) is 3.01. The first kappa shape index (κ1) is 22.8. The predicted octanol–water partition coefficient (Wildman–Crippen LogP) is 4.39. The lowest BCUT2D eigenvalue weighted by Crippen LogP contribution is -2.34. The summed E-state index contributed by atoms with van der Waals surface area (Å²) in [5, 5.41) is -0.549. The SMILES string of the molecule is COC(=O)CN1C(=O)S/C(=C/c2cc(Br)c(OCc3ccc(F)cc3)c(OC)c2)C1=O. The van der Waals surface area contributed by atoms with E-state index in [-0.39, 0.29) is 17.3 Å². The van der Waals surface area contributed by atoms with Gasteiger partial charge in [-0.3, -0.25) is 19.3 Å². The zero-order chi connectivity index (χ0) is 22.5. The zero-order valence-electron chi connectivity index (χ0n) is 16.5. The van der Waals surface area contributed by atoms with E-state index >= 15 is 0 Å². The number of imide groups is 1. The van der Waals surface area contributed by atoms with E-state index in [1.54, 1.807) is 24.3 Å². The molecule has 1 heterocycles. The molecule has 2 amide bonds. The highest BCUT2D eigenvalue weighted by Gasteiger charge is 2.36. The number of thioether (sulfide) groups is 1. The summed E-state index contributed by atoms with van der Waals surface area (Å²) in [6, 6.07) is 9.29. The van der Waals surface area contributed by atoms with Gasteiger partial charge in [0.1, 0.15) is 19.0 Å². The van der Waals surface area contributed by atoms with Crippen molar-refractivity contribution in [2.75, 3.05) is 20.8 Å². The van der Waals surface area contributed by atoms with Crippen LogP contribution in [-0.4, -0.2) is 42.8 Å². The average molecular weight is 510 g/mol. The molecule has 0 bridgehead atoms. The van der Waals surface area contributed by atoms with E-state index in [1.165, 1.54) is 32.4 Å². The van der Waals surface area contributed by atoms with Crippen LogP contribution in [0.2, 0.25) is 0 Å². The number of methoxy groups -OCH3 is 2. The summed E-state index contributed by atoms with van der Waals surface area (Å²) in [4.78, 5) is 37.0. The predicted molar refractivity (Wildman–Crippen MR) is 116 cm³/mol. The number of hydrogen-bond acceptors (Lipinski definition) is 7. The minimum atomic E-state index is -0.685. The molecule has 0 radical (unpaired) electrons. The van der Waals surface area contributed by atoms with Crippen LogP contribution in [-0.2, 0) is 20.9 Å². The van der Waals surface area contributed by atoms with Gasteiger partial charge in [0.05, 0.1) is 23.6 Å². The number of rotatable bonds is 7. The quantitative estimate of drug-likeness (QED) is 0.404. The molecule has 0 N–H and O–H groups in total. The van der Waals surface area contributed by atoms with Crippen molar-refractivity contribution in [1.82, 2.24) is 4.90 Å². The number of amides is 2. The van der Waals surface area contributed by atoms with Crippen molar-refractivity contribution in [3.8, 4) is 11.5 Å². The number of benzene rings is 2. The maximum atomic E-state index is 13.1. The number of nitrogens with zero attached hydrogens (tertiary/aromatic N) is 1. The minimum absolute atomic E-state index is 0.169. The van der Waals surface area contributed by atoms with Crippen LogP contribution in [0, 0.1) is 5.82 Å². The Kier molecular flexibility index (Phi) is 7.34. The van der Waals surface area contributed by atoms with Crippen LogP contribution in [0.3, 0.4) is 0 Å². The number of carbonyl (C=O) groups excluding carboxylic acids is 3. The molecule has 3 rings (SSSR count). The van der Waals surface area contributed by atoms with Gasteiger partial charge in [-0.15, -0.1) is 0 Å². The fourth-order valence-electron chi connectivity index (χ4n) is 2.68. The van der Waals surface area contributed by atoms with Crippen LogP contribution < -0.4 is 9.47 Å². The van der Waals surface area contributed by atoms with Gasteiger partial charge in [0.25, 0.3) is 11.1 Å². The maximum Gasteiger partial charge on any atom is 0.325 e. The van der Waals surface area contributed by atoms with Crippen molar-refractivity contribution in [2.24, 2.45) is 0 Å². The molecule has 1 fully saturated rings. The Morgan fingerprint density at radius 2 is 1.90 bits per heavy atom. The molecule has 0 spiro atoms. The lowest BCUT2D eigenvalue weighted by Gasteiger charge is -2.14. The lowest BCUT2D eigenvalue weighted by atomic mass is 10.1. The van der Waals surface area contributed by atoms with Gasteiger partial charge in [0.2, 0.25) is 0 Å². The Bertz CT molecular complexity index is 1060. The second-order valence-corrected chi connectivity index (χ2v) is 8.14. The Hall–Kier alpha value is -2.85. The molecule has 1 aliphatic rings. The third-order valence-corrected chi connectivity index (χ3v) is 5.73. The van der Waals surface area contributed by atoms with Crippen LogP contribution >= 0.6 is 27.7 Å². The van der Waals surface area contributed by atoms with Gasteiger partial charge in [0.15, 0.2) is 11.5 Å². The zero-order valence-corrected chi connectivity index (χ0v) is 18.9. The normalized spacial score (nSPS) is 14.8. The van der Waals surface area contributed by atoms with Gasteiger partial charge in [0, 0.05) is 0 Å². The van der Waals surface area contributed by atoms with Crippen molar-refractivity contribution in [2.45, 2.75) is 6.61 Å². The van der Waals surface area contributed by atoms with E-state index < -0.39 is 23.7 Å².